The lowest BCUT2D eigenvalue weighted by Gasteiger charge is -2.70. The highest BCUT2D eigenvalue weighted by Gasteiger charge is 2.71. The molecule has 0 bridgehead atoms. The third-order valence-electron chi connectivity index (χ3n) is 17.5. The number of aliphatic hydroxyl groups excluding tert-OH is 7. The number of allylic oxidation sites excluding steroid dienone is 2. The number of aliphatic hydroxyl groups is 7. The predicted octanol–water partition coefficient (Wildman–Crippen LogP) is 2.15. The molecule has 6 fully saturated rings. The van der Waals surface area contributed by atoms with Crippen molar-refractivity contribution in [1.82, 2.24) is 0 Å². The van der Waals surface area contributed by atoms with Crippen molar-refractivity contribution in [3.8, 4) is 0 Å². The predicted molar refractivity (Wildman–Crippen MR) is 203 cm³/mol. The largest absolute Gasteiger partial charge is 0.469 e. The van der Waals surface area contributed by atoms with Crippen LogP contribution in [0.1, 0.15) is 106 Å². The zero-order valence-electron chi connectivity index (χ0n) is 34.9. The van der Waals surface area contributed by atoms with Crippen molar-refractivity contribution in [2.75, 3.05) is 20.3 Å². The van der Waals surface area contributed by atoms with E-state index in [-0.39, 0.29) is 45.8 Å². The van der Waals surface area contributed by atoms with E-state index in [4.69, 9.17) is 23.7 Å². The number of fused-ring (bicyclic) bond motifs is 7. The number of carbonyl (C=O) groups is 2. The van der Waals surface area contributed by atoms with Gasteiger partial charge in [0.25, 0.3) is 0 Å². The van der Waals surface area contributed by atoms with Crippen molar-refractivity contribution >= 4 is 11.8 Å². The molecule has 14 heteroatoms. The molecule has 57 heavy (non-hydrogen) atoms. The van der Waals surface area contributed by atoms with Crippen molar-refractivity contribution in [1.29, 1.82) is 0 Å². The molecule has 0 aromatic carbocycles. The molecule has 0 aromatic heterocycles. The number of ketones is 1. The van der Waals surface area contributed by atoms with Crippen molar-refractivity contribution in [3.05, 3.63) is 11.6 Å². The van der Waals surface area contributed by atoms with Gasteiger partial charge in [-0.05, 0) is 110 Å². The number of ether oxygens (including phenoxy) is 5. The molecule has 2 saturated heterocycles. The van der Waals surface area contributed by atoms with Crippen molar-refractivity contribution in [3.63, 3.8) is 0 Å². The average molecular weight is 809 g/mol. The quantitative estimate of drug-likeness (QED) is 0.145. The second-order valence-electron chi connectivity index (χ2n) is 20.7. The Bertz CT molecular complexity index is 1580. The molecule has 0 spiro atoms. The summed E-state index contributed by atoms with van der Waals surface area (Å²) < 4.78 is 29.6. The lowest BCUT2D eigenvalue weighted by atomic mass is 9.33. The minimum Gasteiger partial charge on any atom is -0.469 e. The summed E-state index contributed by atoms with van der Waals surface area (Å²) >= 11 is 0. The summed E-state index contributed by atoms with van der Waals surface area (Å²) in [7, 11) is 1.46. The maximum Gasteiger partial charge on any atom is 0.311 e. The summed E-state index contributed by atoms with van der Waals surface area (Å²) in [5.74, 6) is -0.129. The Morgan fingerprint density at radius 3 is 2.00 bits per heavy atom. The Hall–Kier alpha value is -1.56. The van der Waals surface area contributed by atoms with Crippen molar-refractivity contribution < 1.29 is 69.0 Å². The van der Waals surface area contributed by atoms with E-state index in [1.165, 1.54) is 12.7 Å². The number of esters is 1. The second-order valence-corrected chi connectivity index (χ2v) is 20.7. The van der Waals surface area contributed by atoms with Gasteiger partial charge in [0.2, 0.25) is 0 Å². The molecule has 0 unspecified atom stereocenters. The van der Waals surface area contributed by atoms with E-state index >= 15 is 0 Å². The Kier molecular flexibility index (Phi) is 11.3. The van der Waals surface area contributed by atoms with Gasteiger partial charge in [-0.1, -0.05) is 47.1 Å². The summed E-state index contributed by atoms with van der Waals surface area (Å²) in [5, 5.41) is 73.4. The first-order valence-corrected chi connectivity index (χ1v) is 21.1. The normalized spacial score (nSPS) is 53.4. The summed E-state index contributed by atoms with van der Waals surface area (Å²) in [5.41, 5.74) is -0.876. The van der Waals surface area contributed by atoms with Gasteiger partial charge in [0.1, 0.15) is 48.8 Å². The molecule has 14 nitrogen and oxygen atoms in total. The molecular formula is C43H68O14. The fraction of sp³-hybridized carbons (Fsp3) is 0.907. The van der Waals surface area contributed by atoms with Crippen LogP contribution in [0.3, 0.4) is 0 Å². The van der Waals surface area contributed by atoms with E-state index < -0.39 is 97.0 Å². The van der Waals surface area contributed by atoms with Gasteiger partial charge < -0.3 is 59.4 Å². The summed E-state index contributed by atoms with van der Waals surface area (Å²) in [6.07, 6.45) is -6.64. The molecule has 7 N–H and O–H groups in total. The minimum atomic E-state index is -1.77. The summed E-state index contributed by atoms with van der Waals surface area (Å²) in [6, 6.07) is 0. The number of hydrogen-bond donors (Lipinski definition) is 7. The molecule has 324 valence electrons. The first kappa shape index (κ1) is 43.5. The lowest BCUT2D eigenvalue weighted by molar-refractivity contribution is -0.378. The number of carbonyl (C=O) groups excluding carboxylic acids is 2. The van der Waals surface area contributed by atoms with Gasteiger partial charge in [-0.3, -0.25) is 9.59 Å². The maximum atomic E-state index is 14.9. The van der Waals surface area contributed by atoms with Gasteiger partial charge in [-0.15, -0.1) is 0 Å². The topological polar surface area (TPSA) is 222 Å². The average Bonchev–Trinajstić information content (AvgIpc) is 3.16. The molecule has 0 aromatic rings. The number of methoxy groups -OCH3 is 1. The minimum absolute atomic E-state index is 0.00502. The zero-order valence-corrected chi connectivity index (χ0v) is 34.9. The molecule has 7 aliphatic rings. The molecule has 2 aliphatic heterocycles. The fourth-order valence-electron chi connectivity index (χ4n) is 13.6. The highest BCUT2D eigenvalue weighted by Crippen LogP contribution is 2.75. The SMILES string of the molecule is COC(=O)[C@@]1(C)CC[C@]2(C)CC[C@]3(C)C(=CC(=O)[C@H]4[C@@]5(C)CC[C@@H](O[C@H]6O[C@@H](CO)[C@H](O)[C@@H](O)[C@@H]6O[C@@H]6O[C@H](CO)[C@H](O)[C@H](O)[C@@H]6O)C(C)(C)[C@@H]5CC[C@]43C)[C@@H]2C1. The first-order valence-electron chi connectivity index (χ1n) is 21.1. The standard InChI is InChI=1S/C43H68O14/c1-38(2)26-9-12-43(7)34(23(46)17-21-22-18-40(4,37(52)53-8)14-13-39(22,3)15-16-42(21,43)6)41(26,5)11-10-27(38)56-36-33(31(50)29(48)25(20-45)55-36)57-35-32(51)30(49)28(47)24(19-44)54-35/h17,22,24-36,44-45,47-51H,9-16,18-20H2,1-8H3/t22-,24+,25-,26-,27+,28-,29-,30-,31+,32-,33-,34-,35-,36+,39+,40-,41-,42+,43+/m0/s1. The van der Waals surface area contributed by atoms with Crippen molar-refractivity contribution in [2.45, 2.75) is 174 Å². The van der Waals surface area contributed by atoms with E-state index in [9.17, 15) is 45.3 Å². The highest BCUT2D eigenvalue weighted by molar-refractivity contribution is 5.95. The van der Waals surface area contributed by atoms with Crippen LogP contribution in [0.15, 0.2) is 11.6 Å². The van der Waals surface area contributed by atoms with E-state index in [1.54, 1.807) is 0 Å². The number of rotatable bonds is 7. The van der Waals surface area contributed by atoms with Crippen LogP contribution >= 0.6 is 0 Å². The maximum absolute atomic E-state index is 14.9. The fourth-order valence-corrected chi connectivity index (χ4v) is 13.6. The molecule has 19 atom stereocenters. The van der Waals surface area contributed by atoms with Crippen LogP contribution in [-0.4, -0.2) is 135 Å². The van der Waals surface area contributed by atoms with E-state index in [2.05, 4.69) is 41.5 Å². The van der Waals surface area contributed by atoms with Gasteiger partial charge in [-0.2, -0.15) is 0 Å². The second kappa shape index (κ2) is 14.8. The van der Waals surface area contributed by atoms with E-state index in [1.807, 2.05) is 13.0 Å². The van der Waals surface area contributed by atoms with Crippen LogP contribution < -0.4 is 0 Å². The number of hydrogen-bond acceptors (Lipinski definition) is 14. The van der Waals surface area contributed by atoms with Crippen molar-refractivity contribution in [2.24, 2.45) is 50.2 Å². The smallest absolute Gasteiger partial charge is 0.311 e. The lowest BCUT2D eigenvalue weighted by Crippen LogP contribution is -2.68. The molecule has 0 amide bonds. The molecule has 7 rings (SSSR count). The van der Waals surface area contributed by atoms with Gasteiger partial charge >= 0.3 is 5.97 Å². The Balaban J connectivity index is 1.16. The van der Waals surface area contributed by atoms with Crippen LogP contribution in [-0.2, 0) is 33.3 Å². The van der Waals surface area contributed by atoms with Gasteiger partial charge in [0.15, 0.2) is 18.4 Å². The van der Waals surface area contributed by atoms with Crippen LogP contribution in [0.4, 0.5) is 0 Å². The van der Waals surface area contributed by atoms with Crippen LogP contribution in [0, 0.1) is 50.2 Å². The van der Waals surface area contributed by atoms with Gasteiger partial charge in [0.05, 0.1) is 31.8 Å². The molecule has 2 heterocycles. The van der Waals surface area contributed by atoms with Crippen LogP contribution in [0.2, 0.25) is 0 Å². The third kappa shape index (κ3) is 6.44. The third-order valence-corrected chi connectivity index (χ3v) is 17.5. The van der Waals surface area contributed by atoms with E-state index in [0.717, 1.165) is 38.5 Å². The highest BCUT2D eigenvalue weighted by atomic mass is 16.8. The first-order chi connectivity index (χ1) is 26.6. The Morgan fingerprint density at radius 2 is 1.37 bits per heavy atom. The van der Waals surface area contributed by atoms with Gasteiger partial charge in [0, 0.05) is 5.92 Å². The molecule has 4 saturated carbocycles. The molecule has 5 aliphatic carbocycles. The Labute approximate surface area is 336 Å². The monoisotopic (exact) mass is 808 g/mol. The van der Waals surface area contributed by atoms with E-state index in [0.29, 0.717) is 19.3 Å². The Morgan fingerprint density at radius 1 is 0.754 bits per heavy atom. The van der Waals surface area contributed by atoms with Gasteiger partial charge in [-0.25, -0.2) is 0 Å². The summed E-state index contributed by atoms with van der Waals surface area (Å²) in [6.45, 7) is 14.3. The summed E-state index contributed by atoms with van der Waals surface area (Å²) in [4.78, 5) is 28.0. The van der Waals surface area contributed by atoms with Crippen LogP contribution in [0.25, 0.3) is 0 Å². The molecular weight excluding hydrogens is 740 g/mol. The van der Waals surface area contributed by atoms with Crippen LogP contribution in [0.5, 0.6) is 0 Å². The zero-order chi connectivity index (χ0) is 41.8. The molecule has 0 radical (unpaired) electrons.